The molecule has 2 fully saturated rings. The lowest BCUT2D eigenvalue weighted by atomic mass is 9.99. The van der Waals surface area contributed by atoms with E-state index in [2.05, 4.69) is 0 Å². The maximum Gasteiger partial charge on any atom is 0.253 e. The number of hydrogen-bond acceptors (Lipinski definition) is 3. The van der Waals surface area contributed by atoms with Crippen molar-refractivity contribution in [3.8, 4) is 5.75 Å². The van der Waals surface area contributed by atoms with E-state index in [0.717, 1.165) is 63.2 Å². The van der Waals surface area contributed by atoms with Gasteiger partial charge in [0.2, 0.25) is 5.91 Å². The minimum absolute atomic E-state index is 0.121. The van der Waals surface area contributed by atoms with Gasteiger partial charge in [0.1, 0.15) is 5.75 Å². The van der Waals surface area contributed by atoms with Crippen molar-refractivity contribution < 1.29 is 14.3 Å². The van der Waals surface area contributed by atoms with Crippen LogP contribution in [0, 0.1) is 5.92 Å². The molecule has 0 spiro atoms. The van der Waals surface area contributed by atoms with E-state index < -0.39 is 0 Å². The Bertz CT molecular complexity index is 593. The summed E-state index contributed by atoms with van der Waals surface area (Å²) in [5.74, 6) is 1.43. The third-order valence-electron chi connectivity index (χ3n) is 5.19. The molecule has 0 radical (unpaired) electrons. The minimum atomic E-state index is 0.121. The quantitative estimate of drug-likeness (QED) is 0.844. The molecule has 2 heterocycles. The number of rotatable bonds is 4. The molecule has 25 heavy (non-hydrogen) atoms. The molecule has 2 amide bonds. The summed E-state index contributed by atoms with van der Waals surface area (Å²) >= 11 is 0. The number of ether oxygens (including phenoxy) is 1. The predicted octanol–water partition coefficient (Wildman–Crippen LogP) is 2.95. The van der Waals surface area contributed by atoms with Crippen LogP contribution in [0.2, 0.25) is 0 Å². The summed E-state index contributed by atoms with van der Waals surface area (Å²) in [6, 6.07) is 7.47. The van der Waals surface area contributed by atoms with Gasteiger partial charge in [-0.05, 0) is 56.4 Å². The molecule has 5 heteroatoms. The molecule has 2 aliphatic heterocycles. The maximum atomic E-state index is 12.5. The highest BCUT2D eigenvalue weighted by Gasteiger charge is 2.22. The van der Waals surface area contributed by atoms with Crippen molar-refractivity contribution in [1.82, 2.24) is 9.80 Å². The van der Waals surface area contributed by atoms with E-state index in [1.165, 1.54) is 6.42 Å². The molecule has 2 saturated heterocycles. The van der Waals surface area contributed by atoms with Gasteiger partial charge >= 0.3 is 0 Å². The predicted molar refractivity (Wildman–Crippen MR) is 96.7 cm³/mol. The van der Waals surface area contributed by atoms with Crippen molar-refractivity contribution >= 4 is 11.8 Å². The lowest BCUT2D eigenvalue weighted by Gasteiger charge is -2.31. The van der Waals surface area contributed by atoms with Crippen LogP contribution in [0.15, 0.2) is 24.3 Å². The molecule has 2 aliphatic rings. The van der Waals surface area contributed by atoms with Crippen molar-refractivity contribution in [1.29, 1.82) is 0 Å². The second-order valence-corrected chi connectivity index (χ2v) is 7.16. The van der Waals surface area contributed by atoms with E-state index in [1.807, 2.05) is 34.1 Å². The Hall–Kier alpha value is -2.04. The van der Waals surface area contributed by atoms with E-state index in [1.54, 1.807) is 6.92 Å². The monoisotopic (exact) mass is 344 g/mol. The Labute approximate surface area is 149 Å². The molecule has 5 nitrogen and oxygen atoms in total. The van der Waals surface area contributed by atoms with Crippen LogP contribution in [0.25, 0.3) is 0 Å². The minimum Gasteiger partial charge on any atom is -0.493 e. The zero-order valence-electron chi connectivity index (χ0n) is 15.1. The lowest BCUT2D eigenvalue weighted by molar-refractivity contribution is -0.130. The summed E-state index contributed by atoms with van der Waals surface area (Å²) in [5.41, 5.74) is 0.731. The molecular formula is C20H28N2O3. The van der Waals surface area contributed by atoms with Crippen molar-refractivity contribution in [3.05, 3.63) is 29.8 Å². The van der Waals surface area contributed by atoms with Crippen LogP contribution >= 0.6 is 0 Å². The van der Waals surface area contributed by atoms with Gasteiger partial charge in [0.25, 0.3) is 5.91 Å². The zero-order chi connectivity index (χ0) is 17.6. The Balaban J connectivity index is 1.50. The second-order valence-electron chi connectivity index (χ2n) is 7.16. The summed E-state index contributed by atoms with van der Waals surface area (Å²) in [4.78, 5) is 27.8. The van der Waals surface area contributed by atoms with Crippen molar-refractivity contribution in [2.24, 2.45) is 5.92 Å². The van der Waals surface area contributed by atoms with Gasteiger partial charge in [-0.15, -0.1) is 0 Å². The third-order valence-corrected chi connectivity index (χ3v) is 5.19. The summed E-state index contributed by atoms with van der Waals surface area (Å²) < 4.78 is 5.89. The summed E-state index contributed by atoms with van der Waals surface area (Å²) in [6.07, 6.45) is 5.56. The standard InChI is InChI=1S/C20H28N2O3/c1-16(23)22-13-5-6-17(14-22)15-25-19-9-7-18(8-10-19)20(24)21-11-3-2-4-12-21/h7-10,17H,2-6,11-15H2,1H3. The van der Waals surface area contributed by atoms with Crippen molar-refractivity contribution in [2.75, 3.05) is 32.8 Å². The van der Waals surface area contributed by atoms with E-state index in [4.69, 9.17) is 4.74 Å². The molecule has 0 N–H and O–H groups in total. The molecule has 1 atom stereocenters. The lowest BCUT2D eigenvalue weighted by Crippen LogP contribution is -2.40. The van der Waals surface area contributed by atoms with E-state index in [-0.39, 0.29) is 11.8 Å². The summed E-state index contributed by atoms with van der Waals surface area (Å²) in [5, 5.41) is 0. The molecule has 0 saturated carbocycles. The van der Waals surface area contributed by atoms with Gasteiger partial charge in [0, 0.05) is 44.6 Å². The summed E-state index contributed by atoms with van der Waals surface area (Å²) in [7, 11) is 0. The Morgan fingerprint density at radius 2 is 1.68 bits per heavy atom. The zero-order valence-corrected chi connectivity index (χ0v) is 15.1. The van der Waals surface area contributed by atoms with Crippen LogP contribution in [-0.4, -0.2) is 54.4 Å². The highest BCUT2D eigenvalue weighted by molar-refractivity contribution is 5.94. The fraction of sp³-hybridized carbons (Fsp3) is 0.600. The van der Waals surface area contributed by atoms with Gasteiger partial charge in [-0.3, -0.25) is 9.59 Å². The number of likely N-dealkylation sites (tertiary alicyclic amines) is 2. The number of hydrogen-bond donors (Lipinski definition) is 0. The molecular weight excluding hydrogens is 316 g/mol. The Kier molecular flexibility index (Phi) is 5.95. The van der Waals surface area contributed by atoms with E-state index in [0.29, 0.717) is 12.5 Å². The number of carbonyl (C=O) groups is 2. The topological polar surface area (TPSA) is 49.9 Å². The smallest absolute Gasteiger partial charge is 0.253 e. The molecule has 0 bridgehead atoms. The van der Waals surface area contributed by atoms with E-state index >= 15 is 0 Å². The molecule has 0 aromatic heterocycles. The van der Waals surface area contributed by atoms with Gasteiger partial charge < -0.3 is 14.5 Å². The van der Waals surface area contributed by atoms with Crippen LogP contribution in [0.1, 0.15) is 49.4 Å². The highest BCUT2D eigenvalue weighted by Crippen LogP contribution is 2.20. The van der Waals surface area contributed by atoms with Crippen LogP contribution < -0.4 is 4.74 Å². The molecule has 1 aromatic rings. The first-order valence-corrected chi connectivity index (χ1v) is 9.41. The van der Waals surface area contributed by atoms with Gasteiger partial charge in [0.15, 0.2) is 0 Å². The van der Waals surface area contributed by atoms with E-state index in [9.17, 15) is 9.59 Å². The number of nitrogens with zero attached hydrogens (tertiary/aromatic N) is 2. The molecule has 1 unspecified atom stereocenters. The first-order chi connectivity index (χ1) is 12.1. The average molecular weight is 344 g/mol. The number of amides is 2. The van der Waals surface area contributed by atoms with Crippen molar-refractivity contribution in [3.63, 3.8) is 0 Å². The fourth-order valence-corrected chi connectivity index (χ4v) is 3.67. The third kappa shape index (κ3) is 4.74. The van der Waals surface area contributed by atoms with Gasteiger partial charge in [0.05, 0.1) is 6.61 Å². The Morgan fingerprint density at radius 3 is 2.36 bits per heavy atom. The summed E-state index contributed by atoms with van der Waals surface area (Å²) in [6.45, 7) is 5.61. The first kappa shape index (κ1) is 17.8. The van der Waals surface area contributed by atoms with Gasteiger partial charge in [-0.1, -0.05) is 0 Å². The number of benzene rings is 1. The normalized spacial score (nSPS) is 21.1. The number of piperidine rings is 2. The second kappa shape index (κ2) is 8.37. The van der Waals surface area contributed by atoms with Gasteiger partial charge in [-0.25, -0.2) is 0 Å². The molecule has 1 aromatic carbocycles. The number of carbonyl (C=O) groups excluding carboxylic acids is 2. The highest BCUT2D eigenvalue weighted by atomic mass is 16.5. The van der Waals surface area contributed by atoms with Crippen molar-refractivity contribution in [2.45, 2.75) is 39.0 Å². The largest absolute Gasteiger partial charge is 0.493 e. The maximum absolute atomic E-state index is 12.5. The SMILES string of the molecule is CC(=O)N1CCCC(COc2ccc(C(=O)N3CCCCC3)cc2)C1. The van der Waals surface area contributed by atoms with Crippen LogP contribution in [0.3, 0.4) is 0 Å². The van der Waals surface area contributed by atoms with Crippen LogP contribution in [0.4, 0.5) is 0 Å². The first-order valence-electron chi connectivity index (χ1n) is 9.41. The Morgan fingerprint density at radius 1 is 1.00 bits per heavy atom. The molecule has 136 valence electrons. The van der Waals surface area contributed by atoms with Gasteiger partial charge in [-0.2, -0.15) is 0 Å². The average Bonchev–Trinajstić information content (AvgIpc) is 2.67. The fourth-order valence-electron chi connectivity index (χ4n) is 3.67. The van der Waals surface area contributed by atoms with Crippen LogP contribution in [-0.2, 0) is 4.79 Å². The molecule has 3 rings (SSSR count). The van der Waals surface area contributed by atoms with Crippen LogP contribution in [0.5, 0.6) is 5.75 Å². The molecule has 0 aliphatic carbocycles.